The minimum atomic E-state index is -1.01. The van der Waals surface area contributed by atoms with Gasteiger partial charge in [-0.15, -0.1) is 0 Å². The molecule has 0 atom stereocenters. The number of nitrogens with one attached hydrogen (secondary N) is 1. The Bertz CT molecular complexity index is 488. The fourth-order valence-corrected chi connectivity index (χ4v) is 1.94. The number of ether oxygens (including phenoxy) is 1. The average molecular weight is 307 g/mol. The summed E-state index contributed by atoms with van der Waals surface area (Å²) in [6.07, 6.45) is 1.10. The van der Waals surface area contributed by atoms with E-state index >= 15 is 0 Å². The van der Waals surface area contributed by atoms with Gasteiger partial charge >= 0.3 is 5.97 Å². The van der Waals surface area contributed by atoms with Crippen LogP contribution in [0.3, 0.4) is 0 Å². The molecule has 1 amide bonds. The Kier molecular flexibility index (Phi) is 7.05. The molecular weight excluding hydrogens is 282 g/mol. The summed E-state index contributed by atoms with van der Waals surface area (Å²) in [5, 5.41) is 11.1. The van der Waals surface area contributed by atoms with Crippen molar-refractivity contribution in [2.24, 2.45) is 0 Å². The second-order valence-corrected chi connectivity index (χ2v) is 6.24. The molecule has 0 bridgehead atoms. The van der Waals surface area contributed by atoms with Gasteiger partial charge in [-0.25, -0.2) is 4.79 Å². The zero-order valence-corrected chi connectivity index (χ0v) is 13.5. The third-order valence-electron chi connectivity index (χ3n) is 3.25. The molecule has 5 nitrogen and oxygen atoms in total. The Morgan fingerprint density at radius 2 is 1.82 bits per heavy atom. The lowest BCUT2D eigenvalue weighted by Crippen LogP contribution is -2.28. The normalized spacial score (nSPS) is 11.2. The topological polar surface area (TPSA) is 75.6 Å². The lowest BCUT2D eigenvalue weighted by molar-refractivity contribution is -0.142. The number of rotatable bonds is 8. The molecule has 0 aliphatic heterocycles. The number of benzene rings is 1. The summed E-state index contributed by atoms with van der Waals surface area (Å²) in [5.74, 6) is -1.07. The summed E-state index contributed by atoms with van der Waals surface area (Å²) in [7, 11) is 0. The van der Waals surface area contributed by atoms with Crippen LogP contribution >= 0.6 is 0 Å². The molecule has 22 heavy (non-hydrogen) atoms. The van der Waals surface area contributed by atoms with E-state index < -0.39 is 5.97 Å². The predicted molar refractivity (Wildman–Crippen MR) is 84.9 cm³/mol. The second-order valence-electron chi connectivity index (χ2n) is 6.24. The van der Waals surface area contributed by atoms with Gasteiger partial charge in [0, 0.05) is 13.0 Å². The smallest absolute Gasteiger partial charge is 0.329 e. The first-order valence-corrected chi connectivity index (χ1v) is 7.44. The molecule has 2 N–H and O–H groups in total. The Morgan fingerprint density at radius 1 is 1.18 bits per heavy atom. The Hall–Kier alpha value is -1.88. The van der Waals surface area contributed by atoms with Gasteiger partial charge in [-0.3, -0.25) is 4.79 Å². The first-order valence-electron chi connectivity index (χ1n) is 7.44. The van der Waals surface area contributed by atoms with Crippen LogP contribution in [0.15, 0.2) is 24.3 Å². The second kappa shape index (κ2) is 8.54. The molecule has 1 rings (SSSR count). The highest BCUT2D eigenvalue weighted by Crippen LogP contribution is 2.22. The number of amides is 1. The zero-order valence-electron chi connectivity index (χ0n) is 13.5. The van der Waals surface area contributed by atoms with Gasteiger partial charge in [0.1, 0.15) is 6.61 Å². The molecule has 0 aliphatic carbocycles. The lowest BCUT2D eigenvalue weighted by atomic mass is 9.86. The van der Waals surface area contributed by atoms with Gasteiger partial charge in [-0.1, -0.05) is 45.0 Å². The fourth-order valence-electron chi connectivity index (χ4n) is 1.94. The standard InChI is InChI=1S/C17H25NO4/c1-17(2,3)14-7-4-13(5-8-14)6-9-15(19)18-10-11-22-12-16(20)21/h4-5,7-8H,6,9-12H2,1-3H3,(H,18,19)(H,20,21). The quantitative estimate of drug-likeness (QED) is 0.721. The molecule has 0 aromatic heterocycles. The summed E-state index contributed by atoms with van der Waals surface area (Å²) in [6, 6.07) is 8.33. The Balaban J connectivity index is 2.25. The molecule has 122 valence electrons. The van der Waals surface area contributed by atoms with E-state index in [2.05, 4.69) is 50.4 Å². The predicted octanol–water partition coefficient (Wildman–Crippen LogP) is 2.13. The van der Waals surface area contributed by atoms with Crippen molar-refractivity contribution in [1.29, 1.82) is 0 Å². The van der Waals surface area contributed by atoms with Crippen molar-refractivity contribution in [2.75, 3.05) is 19.8 Å². The Labute approximate surface area is 131 Å². The first-order chi connectivity index (χ1) is 10.3. The van der Waals surface area contributed by atoms with Crippen LogP contribution in [0.25, 0.3) is 0 Å². The first kappa shape index (κ1) is 18.2. The van der Waals surface area contributed by atoms with Crippen LogP contribution in [0.1, 0.15) is 38.3 Å². The van der Waals surface area contributed by atoms with E-state index in [9.17, 15) is 9.59 Å². The number of hydrogen-bond donors (Lipinski definition) is 2. The summed E-state index contributed by atoms with van der Waals surface area (Å²) in [4.78, 5) is 21.9. The van der Waals surface area contributed by atoms with Crippen LogP contribution in [-0.4, -0.2) is 36.7 Å². The van der Waals surface area contributed by atoms with Crippen LogP contribution in [0.4, 0.5) is 0 Å². The summed E-state index contributed by atoms with van der Waals surface area (Å²) in [5.41, 5.74) is 2.54. The van der Waals surface area contributed by atoms with E-state index in [1.807, 2.05) is 0 Å². The zero-order chi connectivity index (χ0) is 16.6. The minimum absolute atomic E-state index is 0.0566. The van der Waals surface area contributed by atoms with E-state index in [4.69, 9.17) is 9.84 Å². The van der Waals surface area contributed by atoms with E-state index in [-0.39, 0.29) is 24.5 Å². The third-order valence-corrected chi connectivity index (χ3v) is 3.25. The van der Waals surface area contributed by atoms with Gasteiger partial charge in [0.15, 0.2) is 0 Å². The molecule has 1 aromatic carbocycles. The summed E-state index contributed by atoms with van der Waals surface area (Å²) >= 11 is 0. The van der Waals surface area contributed by atoms with Crippen molar-refractivity contribution in [1.82, 2.24) is 5.32 Å². The van der Waals surface area contributed by atoms with Crippen LogP contribution in [0.5, 0.6) is 0 Å². The minimum Gasteiger partial charge on any atom is -0.480 e. The maximum atomic E-state index is 11.7. The molecule has 0 saturated carbocycles. The maximum Gasteiger partial charge on any atom is 0.329 e. The molecule has 0 radical (unpaired) electrons. The molecule has 1 aromatic rings. The van der Waals surface area contributed by atoms with Gasteiger partial charge in [-0.2, -0.15) is 0 Å². The number of aliphatic carboxylic acids is 1. The van der Waals surface area contributed by atoms with E-state index in [0.29, 0.717) is 19.4 Å². The lowest BCUT2D eigenvalue weighted by Gasteiger charge is -2.19. The molecule has 0 unspecified atom stereocenters. The maximum absolute atomic E-state index is 11.7. The van der Waals surface area contributed by atoms with Gasteiger partial charge < -0.3 is 15.2 Å². The number of carboxylic acids is 1. The number of aryl methyl sites for hydroxylation is 1. The highest BCUT2D eigenvalue weighted by atomic mass is 16.5. The number of hydrogen-bond acceptors (Lipinski definition) is 3. The van der Waals surface area contributed by atoms with E-state index in [1.165, 1.54) is 5.56 Å². The highest BCUT2D eigenvalue weighted by molar-refractivity contribution is 5.76. The number of carbonyl (C=O) groups excluding carboxylic acids is 1. The monoisotopic (exact) mass is 307 g/mol. The molecular formula is C17H25NO4. The largest absolute Gasteiger partial charge is 0.480 e. The fraction of sp³-hybridized carbons (Fsp3) is 0.529. The van der Waals surface area contributed by atoms with Gasteiger partial charge in [0.05, 0.1) is 6.61 Å². The van der Waals surface area contributed by atoms with Crippen LogP contribution in [0, 0.1) is 0 Å². The summed E-state index contributed by atoms with van der Waals surface area (Å²) in [6.45, 7) is 6.70. The molecule has 0 heterocycles. The van der Waals surface area contributed by atoms with E-state index in [0.717, 1.165) is 5.56 Å². The third kappa shape index (κ3) is 7.22. The van der Waals surface area contributed by atoms with Crippen molar-refractivity contribution >= 4 is 11.9 Å². The molecule has 0 fully saturated rings. The van der Waals surface area contributed by atoms with Crippen molar-refractivity contribution in [3.63, 3.8) is 0 Å². The molecule has 0 aliphatic rings. The van der Waals surface area contributed by atoms with Gasteiger partial charge in [0.2, 0.25) is 5.91 Å². The Morgan fingerprint density at radius 3 is 2.36 bits per heavy atom. The van der Waals surface area contributed by atoms with Crippen LogP contribution in [-0.2, 0) is 26.2 Å². The molecule has 5 heteroatoms. The molecule has 0 saturated heterocycles. The van der Waals surface area contributed by atoms with Crippen molar-refractivity contribution in [3.8, 4) is 0 Å². The summed E-state index contributed by atoms with van der Waals surface area (Å²) < 4.78 is 4.84. The van der Waals surface area contributed by atoms with Crippen LogP contribution < -0.4 is 5.32 Å². The average Bonchev–Trinajstić information content (AvgIpc) is 2.44. The van der Waals surface area contributed by atoms with E-state index in [1.54, 1.807) is 0 Å². The SMILES string of the molecule is CC(C)(C)c1ccc(CCC(=O)NCCOCC(=O)O)cc1. The van der Waals surface area contributed by atoms with Gasteiger partial charge in [-0.05, 0) is 23.0 Å². The van der Waals surface area contributed by atoms with Crippen molar-refractivity contribution in [3.05, 3.63) is 35.4 Å². The van der Waals surface area contributed by atoms with Gasteiger partial charge in [0.25, 0.3) is 0 Å². The molecule has 0 spiro atoms. The number of carboxylic acid groups (broad SMARTS) is 1. The van der Waals surface area contributed by atoms with Crippen molar-refractivity contribution in [2.45, 2.75) is 39.0 Å². The number of carbonyl (C=O) groups is 2. The van der Waals surface area contributed by atoms with Crippen LogP contribution in [0.2, 0.25) is 0 Å². The highest BCUT2D eigenvalue weighted by Gasteiger charge is 2.12. The van der Waals surface area contributed by atoms with Crippen molar-refractivity contribution < 1.29 is 19.4 Å².